The summed E-state index contributed by atoms with van der Waals surface area (Å²) < 4.78 is 0. The minimum atomic E-state index is 0.148. The number of rotatable bonds is 8. The number of hydrogen-bond acceptors (Lipinski definition) is 2. The molecule has 0 aliphatic rings. The van der Waals surface area contributed by atoms with Crippen molar-refractivity contribution in [2.75, 3.05) is 19.6 Å². The Morgan fingerprint density at radius 1 is 1.26 bits per heavy atom. The molecule has 0 saturated carbocycles. The maximum Gasteiger partial charge on any atom is 0.176 e. The number of Topliss-reactive ketones (excluding diaryl/α,β-unsaturated/α-hetero) is 1. The lowest BCUT2D eigenvalue weighted by Crippen LogP contribution is -2.34. The summed E-state index contributed by atoms with van der Waals surface area (Å²) in [7, 11) is 0. The summed E-state index contributed by atoms with van der Waals surface area (Å²) in [5.41, 5.74) is 0.704. The molecule has 0 atom stereocenters. The molecule has 0 spiro atoms. The van der Waals surface area contributed by atoms with Crippen molar-refractivity contribution in [2.45, 2.75) is 33.6 Å². The minimum Gasteiger partial charge on any atom is -0.296 e. The molecule has 0 aromatic heterocycles. The Hall–Kier alpha value is -0.860. The summed E-state index contributed by atoms with van der Waals surface area (Å²) in [6, 6.07) is 7.20. The third-order valence-corrected chi connectivity index (χ3v) is 3.87. The Morgan fingerprint density at radius 2 is 1.95 bits per heavy atom. The molecule has 19 heavy (non-hydrogen) atoms. The highest BCUT2D eigenvalue weighted by atomic mass is 35.5. The minimum absolute atomic E-state index is 0.148. The van der Waals surface area contributed by atoms with Gasteiger partial charge in [-0.15, -0.1) is 0 Å². The Morgan fingerprint density at radius 3 is 2.47 bits per heavy atom. The quantitative estimate of drug-likeness (QED) is 0.663. The molecule has 2 nitrogen and oxygen atoms in total. The van der Waals surface area contributed by atoms with Crippen molar-refractivity contribution in [1.82, 2.24) is 4.90 Å². The van der Waals surface area contributed by atoms with Crippen LogP contribution in [0, 0.1) is 5.92 Å². The Bertz CT molecular complexity index is 401. The van der Waals surface area contributed by atoms with Gasteiger partial charge >= 0.3 is 0 Å². The normalized spacial score (nSPS) is 11.3. The summed E-state index contributed by atoms with van der Waals surface area (Å²) in [6.07, 6.45) is 2.33. The molecule has 1 aromatic rings. The van der Waals surface area contributed by atoms with Gasteiger partial charge in [-0.25, -0.2) is 0 Å². The third-order valence-electron chi connectivity index (χ3n) is 3.63. The van der Waals surface area contributed by atoms with Crippen molar-refractivity contribution in [3.8, 4) is 0 Å². The Kier molecular flexibility index (Phi) is 7.11. The van der Waals surface area contributed by atoms with Crippen LogP contribution >= 0.6 is 11.6 Å². The number of carbonyl (C=O) groups is 1. The molecule has 0 aliphatic heterocycles. The first kappa shape index (κ1) is 16.2. The monoisotopic (exact) mass is 281 g/mol. The van der Waals surface area contributed by atoms with Gasteiger partial charge in [-0.05, 0) is 24.6 Å². The van der Waals surface area contributed by atoms with Crippen molar-refractivity contribution in [2.24, 2.45) is 5.92 Å². The van der Waals surface area contributed by atoms with Gasteiger partial charge < -0.3 is 0 Å². The Labute approximate surface area is 121 Å². The van der Waals surface area contributed by atoms with E-state index in [0.29, 0.717) is 23.0 Å². The number of likely N-dealkylation sites (N-methyl/N-ethyl adjacent to an activating group) is 1. The average molecular weight is 282 g/mol. The predicted molar refractivity (Wildman–Crippen MR) is 82.0 cm³/mol. The molecular weight excluding hydrogens is 258 g/mol. The number of ketones is 1. The summed E-state index contributed by atoms with van der Waals surface area (Å²) >= 11 is 5.92. The highest BCUT2D eigenvalue weighted by molar-refractivity contribution is 6.31. The van der Waals surface area contributed by atoms with E-state index in [1.807, 2.05) is 12.1 Å². The fourth-order valence-corrected chi connectivity index (χ4v) is 2.36. The van der Waals surface area contributed by atoms with Crippen LogP contribution in [-0.4, -0.2) is 30.3 Å². The van der Waals surface area contributed by atoms with Crippen LogP contribution in [0.2, 0.25) is 5.02 Å². The lowest BCUT2D eigenvalue weighted by molar-refractivity contribution is 0.0920. The van der Waals surface area contributed by atoms with E-state index in [0.717, 1.165) is 13.1 Å². The average Bonchev–Trinajstić information content (AvgIpc) is 2.43. The van der Waals surface area contributed by atoms with Gasteiger partial charge in [-0.1, -0.05) is 57.3 Å². The zero-order chi connectivity index (χ0) is 14.3. The van der Waals surface area contributed by atoms with Crippen molar-refractivity contribution >= 4 is 17.4 Å². The van der Waals surface area contributed by atoms with Gasteiger partial charge in [0.25, 0.3) is 0 Å². The molecular formula is C16H24ClNO. The number of halogens is 1. The number of benzene rings is 1. The first-order valence-electron chi connectivity index (χ1n) is 7.11. The second kappa shape index (κ2) is 8.34. The van der Waals surface area contributed by atoms with Gasteiger partial charge in [0, 0.05) is 17.1 Å². The van der Waals surface area contributed by atoms with Gasteiger partial charge in [0.1, 0.15) is 0 Å². The summed E-state index contributed by atoms with van der Waals surface area (Å²) in [6.45, 7) is 8.90. The second-order valence-electron chi connectivity index (χ2n) is 4.94. The molecule has 0 saturated heterocycles. The van der Waals surface area contributed by atoms with E-state index < -0.39 is 0 Å². The maximum absolute atomic E-state index is 12.2. The number of hydrogen-bond donors (Lipinski definition) is 0. The molecule has 0 radical (unpaired) electrons. The molecule has 106 valence electrons. The highest BCUT2D eigenvalue weighted by Gasteiger charge is 2.14. The van der Waals surface area contributed by atoms with E-state index in [1.54, 1.807) is 12.1 Å². The largest absolute Gasteiger partial charge is 0.296 e. The highest BCUT2D eigenvalue weighted by Crippen LogP contribution is 2.13. The molecule has 0 unspecified atom stereocenters. The molecule has 0 aliphatic carbocycles. The van der Waals surface area contributed by atoms with Crippen LogP contribution in [0.3, 0.4) is 0 Å². The zero-order valence-corrected chi connectivity index (χ0v) is 12.9. The topological polar surface area (TPSA) is 20.3 Å². The van der Waals surface area contributed by atoms with Gasteiger partial charge in [-0.2, -0.15) is 0 Å². The van der Waals surface area contributed by atoms with Gasteiger partial charge in [0.2, 0.25) is 0 Å². The van der Waals surface area contributed by atoms with E-state index in [4.69, 9.17) is 11.6 Å². The zero-order valence-electron chi connectivity index (χ0n) is 12.2. The van der Waals surface area contributed by atoms with Gasteiger partial charge in [0.15, 0.2) is 5.78 Å². The van der Waals surface area contributed by atoms with Crippen LogP contribution in [-0.2, 0) is 0 Å². The summed E-state index contributed by atoms with van der Waals surface area (Å²) in [5.74, 6) is 0.822. The van der Waals surface area contributed by atoms with E-state index in [2.05, 4.69) is 25.7 Å². The molecule has 1 aromatic carbocycles. The van der Waals surface area contributed by atoms with Crippen LogP contribution in [0.25, 0.3) is 0 Å². The lowest BCUT2D eigenvalue weighted by atomic mass is 10.0. The van der Waals surface area contributed by atoms with Crippen molar-refractivity contribution in [1.29, 1.82) is 0 Å². The van der Waals surface area contributed by atoms with E-state index in [1.165, 1.54) is 12.8 Å². The van der Waals surface area contributed by atoms with Crippen LogP contribution in [0.1, 0.15) is 44.0 Å². The standard InChI is InChI=1S/C16H24ClNO/c1-4-13(5-2)11-18(6-3)12-16(19)14-8-7-9-15(17)10-14/h7-10,13H,4-6,11-12H2,1-3H3. The summed E-state index contributed by atoms with van der Waals surface area (Å²) in [4.78, 5) is 14.4. The lowest BCUT2D eigenvalue weighted by Gasteiger charge is -2.24. The second-order valence-corrected chi connectivity index (χ2v) is 5.38. The molecule has 0 fully saturated rings. The van der Waals surface area contributed by atoms with Crippen molar-refractivity contribution in [3.05, 3.63) is 34.9 Å². The molecule has 0 bridgehead atoms. The SMILES string of the molecule is CCC(CC)CN(CC)CC(=O)c1cccc(Cl)c1. The smallest absolute Gasteiger partial charge is 0.176 e. The third kappa shape index (κ3) is 5.33. The molecule has 0 amide bonds. The Balaban J connectivity index is 2.62. The summed E-state index contributed by atoms with van der Waals surface area (Å²) in [5, 5.41) is 0.619. The fourth-order valence-electron chi connectivity index (χ4n) is 2.17. The number of nitrogens with zero attached hydrogens (tertiary/aromatic N) is 1. The molecule has 1 rings (SSSR count). The van der Waals surface area contributed by atoms with E-state index in [9.17, 15) is 4.79 Å². The van der Waals surface area contributed by atoms with Crippen LogP contribution < -0.4 is 0 Å². The maximum atomic E-state index is 12.2. The first-order chi connectivity index (χ1) is 9.10. The predicted octanol–water partition coefficient (Wildman–Crippen LogP) is 4.28. The van der Waals surface area contributed by atoms with Crippen LogP contribution in [0.5, 0.6) is 0 Å². The molecule has 0 N–H and O–H groups in total. The van der Waals surface area contributed by atoms with Crippen LogP contribution in [0.15, 0.2) is 24.3 Å². The van der Waals surface area contributed by atoms with Crippen molar-refractivity contribution in [3.63, 3.8) is 0 Å². The van der Waals surface area contributed by atoms with Gasteiger partial charge in [-0.3, -0.25) is 9.69 Å². The molecule has 0 heterocycles. The van der Waals surface area contributed by atoms with E-state index >= 15 is 0 Å². The number of carbonyl (C=O) groups excluding carboxylic acids is 1. The molecule has 3 heteroatoms. The van der Waals surface area contributed by atoms with E-state index in [-0.39, 0.29) is 5.78 Å². The van der Waals surface area contributed by atoms with Crippen molar-refractivity contribution < 1.29 is 4.79 Å². The first-order valence-corrected chi connectivity index (χ1v) is 7.49. The van der Waals surface area contributed by atoms with Crippen LogP contribution in [0.4, 0.5) is 0 Å². The van der Waals surface area contributed by atoms with Gasteiger partial charge in [0.05, 0.1) is 6.54 Å². The fraction of sp³-hybridized carbons (Fsp3) is 0.562.